The van der Waals surface area contributed by atoms with E-state index in [9.17, 15) is 5.26 Å². The smallest absolute Gasteiger partial charge is 0.134 e. The number of nitrogens with zero attached hydrogens (tertiary/aromatic N) is 2. The molecule has 3 rings (SSSR count). The molecule has 5 heteroatoms. The summed E-state index contributed by atoms with van der Waals surface area (Å²) in [7, 11) is 0. The summed E-state index contributed by atoms with van der Waals surface area (Å²) in [5.41, 5.74) is 2.57. The highest BCUT2D eigenvalue weighted by Gasteiger charge is 2.09. The number of allylic oxidation sites excluding steroid dienone is 1. The van der Waals surface area contributed by atoms with Crippen molar-refractivity contribution in [3.05, 3.63) is 61.5 Å². The van der Waals surface area contributed by atoms with Crippen molar-refractivity contribution in [2.75, 3.05) is 0 Å². The Morgan fingerprint density at radius 1 is 1.19 bits per heavy atom. The summed E-state index contributed by atoms with van der Waals surface area (Å²) < 4.78 is 1.03. The summed E-state index contributed by atoms with van der Waals surface area (Å²) in [5.74, 6) is 0. The molecule has 21 heavy (non-hydrogen) atoms. The average molecular weight is 373 g/mol. The molecule has 0 radical (unpaired) electrons. The number of nitriles is 1. The van der Waals surface area contributed by atoms with Gasteiger partial charge in [-0.1, -0.05) is 30.3 Å². The van der Waals surface area contributed by atoms with Gasteiger partial charge in [-0.2, -0.15) is 5.26 Å². The highest BCUT2D eigenvalue weighted by Crippen LogP contribution is 2.29. The molecule has 0 aliphatic heterocycles. The third-order valence-electron chi connectivity index (χ3n) is 2.80. The summed E-state index contributed by atoms with van der Waals surface area (Å²) >= 11 is 6.51. The highest BCUT2D eigenvalue weighted by atomic mass is 79.9. The summed E-state index contributed by atoms with van der Waals surface area (Å²) in [6.45, 7) is 0. The number of halogens is 1. The van der Waals surface area contributed by atoms with Crippen LogP contribution in [-0.4, -0.2) is 4.98 Å². The quantitative estimate of drug-likeness (QED) is 0.553. The third-order valence-corrected chi connectivity index (χ3v) is 5.32. The van der Waals surface area contributed by atoms with Gasteiger partial charge in [0.1, 0.15) is 11.1 Å². The van der Waals surface area contributed by atoms with Crippen LogP contribution < -0.4 is 0 Å². The highest BCUT2D eigenvalue weighted by molar-refractivity contribution is 9.10. The molecule has 0 saturated heterocycles. The Morgan fingerprint density at radius 2 is 2.00 bits per heavy atom. The maximum atomic E-state index is 9.37. The van der Waals surface area contributed by atoms with Crippen molar-refractivity contribution in [1.29, 1.82) is 5.26 Å². The second-order valence-electron chi connectivity index (χ2n) is 4.24. The molecule has 2 nitrogen and oxygen atoms in total. The standard InChI is InChI=1S/C16H9BrN2S2/c17-13-7-14(20-9-13)6-12(8-18)16-19-15(10-21-16)11-4-2-1-3-5-11/h1-7,9-10H/b12-6+. The van der Waals surface area contributed by atoms with E-state index >= 15 is 0 Å². The summed E-state index contributed by atoms with van der Waals surface area (Å²) in [4.78, 5) is 5.61. The van der Waals surface area contributed by atoms with Gasteiger partial charge in [0.2, 0.25) is 0 Å². The van der Waals surface area contributed by atoms with Crippen molar-refractivity contribution in [3.8, 4) is 17.3 Å². The largest absolute Gasteiger partial charge is 0.235 e. The molecule has 0 amide bonds. The van der Waals surface area contributed by atoms with Crippen molar-refractivity contribution < 1.29 is 0 Å². The van der Waals surface area contributed by atoms with Crippen molar-refractivity contribution in [2.24, 2.45) is 0 Å². The molecule has 0 spiro atoms. The summed E-state index contributed by atoms with van der Waals surface area (Å²) in [6, 6.07) is 14.2. The molecule has 0 atom stereocenters. The van der Waals surface area contributed by atoms with Crippen LogP contribution in [0.4, 0.5) is 0 Å². The first-order chi connectivity index (χ1) is 10.3. The van der Waals surface area contributed by atoms with E-state index in [1.54, 1.807) is 11.3 Å². The second kappa shape index (κ2) is 6.35. The van der Waals surface area contributed by atoms with E-state index in [0.717, 1.165) is 25.6 Å². The Kier molecular flexibility index (Phi) is 4.30. The van der Waals surface area contributed by atoms with Crippen LogP contribution >= 0.6 is 38.6 Å². The number of benzene rings is 1. The second-order valence-corrected chi connectivity index (χ2v) is 6.96. The molecule has 102 valence electrons. The zero-order valence-corrected chi connectivity index (χ0v) is 14.0. The number of thiazole rings is 1. The Balaban J connectivity index is 1.95. The van der Waals surface area contributed by atoms with Crippen LogP contribution in [0.15, 0.2) is 51.6 Å². The molecule has 0 unspecified atom stereocenters. The van der Waals surface area contributed by atoms with E-state index in [2.05, 4.69) is 27.0 Å². The van der Waals surface area contributed by atoms with Gasteiger partial charge >= 0.3 is 0 Å². The van der Waals surface area contributed by atoms with Crippen LogP contribution in [-0.2, 0) is 0 Å². The lowest BCUT2D eigenvalue weighted by Crippen LogP contribution is -1.81. The summed E-state index contributed by atoms with van der Waals surface area (Å²) in [6.07, 6.45) is 1.88. The van der Waals surface area contributed by atoms with Crippen LogP contribution in [0.25, 0.3) is 22.9 Å². The first-order valence-electron chi connectivity index (χ1n) is 6.13. The van der Waals surface area contributed by atoms with E-state index < -0.39 is 0 Å². The maximum absolute atomic E-state index is 9.37. The summed E-state index contributed by atoms with van der Waals surface area (Å²) in [5, 5.41) is 14.1. The van der Waals surface area contributed by atoms with Crippen LogP contribution in [0.3, 0.4) is 0 Å². The van der Waals surface area contributed by atoms with E-state index in [1.165, 1.54) is 11.3 Å². The van der Waals surface area contributed by atoms with Gasteiger partial charge in [0, 0.05) is 25.7 Å². The molecule has 0 saturated carbocycles. The molecule has 0 aliphatic carbocycles. The lowest BCUT2D eigenvalue weighted by Gasteiger charge is -1.94. The van der Waals surface area contributed by atoms with Crippen molar-refractivity contribution >= 4 is 50.3 Å². The fourth-order valence-electron chi connectivity index (χ4n) is 1.83. The predicted molar refractivity (Wildman–Crippen MR) is 93.1 cm³/mol. The van der Waals surface area contributed by atoms with Crippen LogP contribution in [0.2, 0.25) is 0 Å². The van der Waals surface area contributed by atoms with Crippen molar-refractivity contribution in [3.63, 3.8) is 0 Å². The van der Waals surface area contributed by atoms with Gasteiger partial charge in [0.15, 0.2) is 0 Å². The van der Waals surface area contributed by atoms with Gasteiger partial charge in [0.05, 0.1) is 11.3 Å². The zero-order chi connectivity index (χ0) is 14.7. The Hall–Kier alpha value is -1.74. The molecule has 3 aromatic rings. The van der Waals surface area contributed by atoms with E-state index in [0.29, 0.717) is 5.57 Å². The minimum Gasteiger partial charge on any atom is -0.235 e. The van der Waals surface area contributed by atoms with Crippen LogP contribution in [0.1, 0.15) is 9.88 Å². The Labute approximate surface area is 139 Å². The van der Waals surface area contributed by atoms with E-state index in [-0.39, 0.29) is 0 Å². The topological polar surface area (TPSA) is 36.7 Å². The fourth-order valence-corrected chi connectivity index (χ4v) is 4.00. The SMILES string of the molecule is N#C/C(=C\c1cc(Br)cs1)c1nc(-c2ccccc2)cs1. The lowest BCUT2D eigenvalue weighted by molar-refractivity contribution is 1.37. The van der Waals surface area contributed by atoms with E-state index in [1.807, 2.05) is 53.2 Å². The van der Waals surface area contributed by atoms with Gasteiger partial charge in [0.25, 0.3) is 0 Å². The number of hydrogen-bond acceptors (Lipinski definition) is 4. The molecule has 0 bridgehead atoms. The monoisotopic (exact) mass is 372 g/mol. The lowest BCUT2D eigenvalue weighted by atomic mass is 10.2. The molecular weight excluding hydrogens is 364 g/mol. The third kappa shape index (κ3) is 3.30. The average Bonchev–Trinajstić information content (AvgIpc) is 3.15. The minimum atomic E-state index is 0.594. The fraction of sp³-hybridized carbons (Fsp3) is 0. The normalized spacial score (nSPS) is 11.3. The van der Waals surface area contributed by atoms with Crippen LogP contribution in [0, 0.1) is 11.3 Å². The van der Waals surface area contributed by atoms with E-state index in [4.69, 9.17) is 0 Å². The molecule has 2 heterocycles. The zero-order valence-electron chi connectivity index (χ0n) is 10.8. The van der Waals surface area contributed by atoms with Gasteiger partial charge in [-0.05, 0) is 28.1 Å². The first kappa shape index (κ1) is 14.2. The van der Waals surface area contributed by atoms with Gasteiger partial charge in [-0.25, -0.2) is 4.98 Å². The molecule has 2 aromatic heterocycles. The molecule has 0 N–H and O–H groups in total. The predicted octanol–water partition coefficient (Wildman–Crippen LogP) is 5.70. The number of thiophene rings is 1. The Bertz CT molecular complexity index is 825. The Morgan fingerprint density at radius 3 is 2.67 bits per heavy atom. The van der Waals surface area contributed by atoms with Crippen molar-refractivity contribution in [1.82, 2.24) is 4.98 Å². The van der Waals surface area contributed by atoms with Gasteiger partial charge in [-0.15, -0.1) is 22.7 Å². The van der Waals surface area contributed by atoms with Gasteiger partial charge in [-0.3, -0.25) is 0 Å². The molecule has 1 aromatic carbocycles. The molecular formula is C16H9BrN2S2. The number of rotatable bonds is 3. The van der Waals surface area contributed by atoms with Crippen molar-refractivity contribution in [2.45, 2.75) is 0 Å². The number of aromatic nitrogens is 1. The van der Waals surface area contributed by atoms with Crippen LogP contribution in [0.5, 0.6) is 0 Å². The maximum Gasteiger partial charge on any atom is 0.134 e. The van der Waals surface area contributed by atoms with Gasteiger partial charge < -0.3 is 0 Å². The molecule has 0 aliphatic rings. The number of hydrogen-bond donors (Lipinski definition) is 0. The minimum absolute atomic E-state index is 0.594. The first-order valence-corrected chi connectivity index (χ1v) is 8.68. The molecule has 0 fully saturated rings.